The molecule has 0 spiro atoms. The second-order valence-electron chi connectivity index (χ2n) is 13.8. The van der Waals surface area contributed by atoms with E-state index in [2.05, 4.69) is 54.1 Å². The summed E-state index contributed by atoms with van der Waals surface area (Å²) in [7, 11) is 0. The van der Waals surface area contributed by atoms with Crippen LogP contribution in [0.5, 0.6) is 17.2 Å². The van der Waals surface area contributed by atoms with Gasteiger partial charge in [0.1, 0.15) is 42.6 Å². The van der Waals surface area contributed by atoms with Crippen molar-refractivity contribution < 1.29 is 24.1 Å². The van der Waals surface area contributed by atoms with E-state index in [1.807, 2.05) is 23.1 Å². The Balaban J connectivity index is 1.19. The summed E-state index contributed by atoms with van der Waals surface area (Å²) in [6.07, 6.45) is 9.18. The molecule has 2 aliphatic rings. The predicted molar refractivity (Wildman–Crippen MR) is 202 cm³/mol. The number of likely N-dealkylation sites (tertiary alicyclic amines) is 2. The van der Waals surface area contributed by atoms with Crippen LogP contribution in [0.15, 0.2) is 67.0 Å². The first kappa shape index (κ1) is 37.1. The van der Waals surface area contributed by atoms with Crippen LogP contribution >= 0.6 is 11.6 Å². The van der Waals surface area contributed by atoms with Gasteiger partial charge in [0.2, 0.25) is 0 Å². The quantitative estimate of drug-likeness (QED) is 0.121. The lowest BCUT2D eigenvalue weighted by Crippen LogP contribution is -2.44. The van der Waals surface area contributed by atoms with Crippen LogP contribution in [0.1, 0.15) is 71.9 Å². The normalized spacial score (nSPS) is 16.4. The molecule has 0 amide bonds. The second-order valence-corrected chi connectivity index (χ2v) is 14.2. The maximum atomic E-state index is 12.1. The minimum atomic E-state index is -0.826. The number of ether oxygens (including phenoxy) is 3. The SMILES string of the molecule is Cc1c(COc2cc(OCc3cncc(C#N)c3)c(CN3CCCC[C@H]3C(=O)O)cc2Cl)cccc1-c1cccc(OCCCN2CCCC2)c1C. The van der Waals surface area contributed by atoms with Crippen molar-refractivity contribution in [2.75, 3.05) is 32.8 Å². The molecule has 9 nitrogen and oxygen atoms in total. The Morgan fingerprint density at radius 3 is 2.42 bits per heavy atom. The average molecular weight is 723 g/mol. The summed E-state index contributed by atoms with van der Waals surface area (Å²) >= 11 is 6.86. The zero-order chi connectivity index (χ0) is 36.5. The van der Waals surface area contributed by atoms with Crippen LogP contribution in [0.3, 0.4) is 0 Å². The Bertz CT molecular complexity index is 1900. The van der Waals surface area contributed by atoms with E-state index in [0.29, 0.717) is 48.2 Å². The number of hydrogen-bond donors (Lipinski definition) is 1. The molecule has 3 heterocycles. The van der Waals surface area contributed by atoms with E-state index in [-0.39, 0.29) is 13.2 Å². The summed E-state index contributed by atoms with van der Waals surface area (Å²) in [4.78, 5) is 20.7. The van der Waals surface area contributed by atoms with E-state index in [0.717, 1.165) is 70.5 Å². The number of pyridine rings is 1. The molecule has 2 fully saturated rings. The molecule has 52 heavy (non-hydrogen) atoms. The number of nitriles is 1. The number of halogens is 1. The van der Waals surface area contributed by atoms with Gasteiger partial charge in [-0.1, -0.05) is 48.4 Å². The van der Waals surface area contributed by atoms with Gasteiger partial charge in [0, 0.05) is 42.7 Å². The van der Waals surface area contributed by atoms with E-state index in [1.54, 1.807) is 18.3 Å². The van der Waals surface area contributed by atoms with Crippen molar-refractivity contribution in [3.8, 4) is 34.4 Å². The molecule has 0 radical (unpaired) electrons. The van der Waals surface area contributed by atoms with Crippen molar-refractivity contribution in [1.82, 2.24) is 14.8 Å². The maximum absolute atomic E-state index is 12.1. The van der Waals surface area contributed by atoms with Crippen molar-refractivity contribution in [3.63, 3.8) is 0 Å². The van der Waals surface area contributed by atoms with Gasteiger partial charge in [-0.2, -0.15) is 5.26 Å². The number of hydrogen-bond acceptors (Lipinski definition) is 8. The third-order valence-electron chi connectivity index (χ3n) is 10.2. The average Bonchev–Trinajstić information content (AvgIpc) is 3.68. The van der Waals surface area contributed by atoms with Gasteiger partial charge in [-0.25, -0.2) is 0 Å². The second kappa shape index (κ2) is 17.7. The van der Waals surface area contributed by atoms with Crippen LogP contribution in [0, 0.1) is 25.2 Å². The molecule has 2 saturated heterocycles. The van der Waals surface area contributed by atoms with Crippen molar-refractivity contribution in [2.45, 2.75) is 78.2 Å². The molecule has 2 aliphatic heterocycles. The Hall–Kier alpha value is -4.62. The lowest BCUT2D eigenvalue weighted by molar-refractivity contribution is -0.144. The fourth-order valence-electron chi connectivity index (χ4n) is 7.24. The first-order chi connectivity index (χ1) is 25.3. The zero-order valence-electron chi connectivity index (χ0n) is 30.1. The van der Waals surface area contributed by atoms with Crippen molar-refractivity contribution in [1.29, 1.82) is 5.26 Å². The van der Waals surface area contributed by atoms with Crippen LogP contribution in [-0.2, 0) is 24.6 Å². The molecule has 1 aromatic heterocycles. The highest BCUT2D eigenvalue weighted by atomic mass is 35.5. The maximum Gasteiger partial charge on any atom is 0.320 e. The zero-order valence-corrected chi connectivity index (χ0v) is 30.8. The number of piperidine rings is 1. The summed E-state index contributed by atoms with van der Waals surface area (Å²) in [5.41, 5.74) is 7.43. The standard InChI is InChI=1S/C42H47ClN4O5/c1-29-33(10-7-11-35(29)36-12-8-14-39(30(36)2)50-19-9-17-46-15-5-6-16-46)28-52-41-22-40(51-27-32-20-31(23-44)24-45-25-32)34(21-37(41)43)26-47-18-4-3-13-38(47)42(48)49/h7-8,10-12,14,20-22,24-25,38H,3-6,9,13,15-19,26-28H2,1-2H3,(H,48,49)/t38-/m0/s1. The lowest BCUT2D eigenvalue weighted by atomic mass is 9.93. The lowest BCUT2D eigenvalue weighted by Gasteiger charge is -2.33. The number of aromatic nitrogens is 1. The van der Waals surface area contributed by atoms with Gasteiger partial charge >= 0.3 is 5.97 Å². The molecule has 1 N–H and O–H groups in total. The predicted octanol–water partition coefficient (Wildman–Crippen LogP) is 8.35. The molecule has 3 aromatic carbocycles. The first-order valence-electron chi connectivity index (χ1n) is 18.2. The van der Waals surface area contributed by atoms with E-state index >= 15 is 0 Å². The third kappa shape index (κ3) is 9.23. The van der Waals surface area contributed by atoms with Crippen LogP contribution in [-0.4, -0.2) is 64.7 Å². The van der Waals surface area contributed by atoms with E-state index in [1.165, 1.54) is 32.1 Å². The monoisotopic (exact) mass is 722 g/mol. The Kier molecular flexibility index (Phi) is 12.7. The van der Waals surface area contributed by atoms with Gasteiger partial charge < -0.3 is 24.2 Å². The molecule has 4 aromatic rings. The number of aliphatic carboxylic acids is 1. The van der Waals surface area contributed by atoms with Crippen LogP contribution in [0.2, 0.25) is 5.02 Å². The smallest absolute Gasteiger partial charge is 0.320 e. The molecule has 0 saturated carbocycles. The molecular formula is C42H47ClN4O5. The third-order valence-corrected chi connectivity index (χ3v) is 10.5. The van der Waals surface area contributed by atoms with Crippen molar-refractivity contribution in [2.24, 2.45) is 0 Å². The summed E-state index contributed by atoms with van der Waals surface area (Å²) in [5.74, 6) is 1.08. The molecule has 0 bridgehead atoms. The molecule has 272 valence electrons. The number of carbonyl (C=O) groups is 1. The van der Waals surface area contributed by atoms with Gasteiger partial charge in [-0.05, 0) is 112 Å². The minimum Gasteiger partial charge on any atom is -0.493 e. The van der Waals surface area contributed by atoms with Crippen LogP contribution in [0.25, 0.3) is 11.1 Å². The molecule has 6 rings (SSSR count). The minimum absolute atomic E-state index is 0.167. The number of nitrogens with zero attached hydrogens (tertiary/aromatic N) is 4. The molecular weight excluding hydrogens is 676 g/mol. The topological polar surface area (TPSA) is 108 Å². The molecule has 0 aliphatic carbocycles. The van der Waals surface area contributed by atoms with Crippen LogP contribution < -0.4 is 14.2 Å². The largest absolute Gasteiger partial charge is 0.493 e. The molecule has 0 unspecified atom stereocenters. The van der Waals surface area contributed by atoms with E-state index in [4.69, 9.17) is 25.8 Å². The molecule has 10 heteroatoms. The number of carboxylic acids is 1. The molecule has 1 atom stereocenters. The number of benzene rings is 3. The number of rotatable bonds is 15. The van der Waals surface area contributed by atoms with Gasteiger partial charge in [0.05, 0.1) is 17.2 Å². The van der Waals surface area contributed by atoms with E-state index in [9.17, 15) is 15.2 Å². The highest BCUT2D eigenvalue weighted by molar-refractivity contribution is 6.32. The highest BCUT2D eigenvalue weighted by Gasteiger charge is 2.29. The summed E-state index contributed by atoms with van der Waals surface area (Å²) in [5, 5.41) is 19.6. The fraction of sp³-hybridized carbons (Fsp3) is 0.405. The summed E-state index contributed by atoms with van der Waals surface area (Å²) in [6, 6.07) is 19.4. The Labute approximate surface area is 311 Å². The van der Waals surface area contributed by atoms with Gasteiger partial charge in [-0.15, -0.1) is 0 Å². The Morgan fingerprint density at radius 2 is 1.63 bits per heavy atom. The van der Waals surface area contributed by atoms with Crippen molar-refractivity contribution >= 4 is 17.6 Å². The van der Waals surface area contributed by atoms with Crippen molar-refractivity contribution in [3.05, 3.63) is 105 Å². The summed E-state index contributed by atoms with van der Waals surface area (Å²) < 4.78 is 19.0. The van der Waals surface area contributed by atoms with Gasteiger partial charge in [0.25, 0.3) is 0 Å². The Morgan fingerprint density at radius 1 is 0.885 bits per heavy atom. The van der Waals surface area contributed by atoms with Gasteiger partial charge in [0.15, 0.2) is 0 Å². The van der Waals surface area contributed by atoms with E-state index < -0.39 is 12.0 Å². The first-order valence-corrected chi connectivity index (χ1v) is 18.6. The van der Waals surface area contributed by atoms with Crippen LogP contribution in [0.4, 0.5) is 0 Å². The fourth-order valence-corrected chi connectivity index (χ4v) is 7.48. The summed E-state index contributed by atoms with van der Waals surface area (Å²) in [6.45, 7) is 9.89. The van der Waals surface area contributed by atoms with Gasteiger partial charge in [-0.3, -0.25) is 14.7 Å². The number of carboxylic acid groups (broad SMARTS) is 1. The highest BCUT2D eigenvalue weighted by Crippen LogP contribution is 2.37.